The smallest absolute Gasteiger partial charge is 0.140 e. The van der Waals surface area contributed by atoms with Crippen molar-refractivity contribution in [2.24, 2.45) is 0 Å². The molecule has 0 unspecified atom stereocenters. The van der Waals surface area contributed by atoms with Crippen LogP contribution in [-0.4, -0.2) is 12.8 Å². The Kier molecular flexibility index (Phi) is 1.05. The summed E-state index contributed by atoms with van der Waals surface area (Å²) in [4.78, 5) is 0. The number of nitrogens with one attached hydrogen (secondary N) is 1. The van der Waals surface area contributed by atoms with Gasteiger partial charge in [0.25, 0.3) is 0 Å². The van der Waals surface area contributed by atoms with E-state index in [0.717, 1.165) is 0 Å². The largest absolute Gasteiger partial charge is 0.288 e. The van der Waals surface area contributed by atoms with Crippen LogP contribution in [0.1, 0.15) is 12.8 Å². The highest BCUT2D eigenvalue weighted by Gasteiger charge is 2.19. The van der Waals surface area contributed by atoms with Crippen LogP contribution in [0, 0.1) is 0 Å². The molecule has 2 heteroatoms. The molecule has 0 aromatic heterocycles. The third kappa shape index (κ3) is 0.937. The molecule has 1 N–H and O–H groups in total. The lowest BCUT2D eigenvalue weighted by Crippen LogP contribution is -2.13. The molecule has 0 aromatic carbocycles. The van der Waals surface area contributed by atoms with Crippen LogP contribution >= 0.6 is 0 Å². The second kappa shape index (κ2) is 1.56. The van der Waals surface area contributed by atoms with Crippen LogP contribution in [0.2, 0.25) is 0 Å². The highest BCUT2D eigenvalue weighted by Crippen LogP contribution is 2.17. The summed E-state index contributed by atoms with van der Waals surface area (Å²) in [6.45, 7) is -0.356. The first-order chi connectivity index (χ1) is 2.93. The minimum atomic E-state index is -0.356. The summed E-state index contributed by atoms with van der Waals surface area (Å²) >= 11 is 0. The van der Waals surface area contributed by atoms with Crippen LogP contribution in [0.5, 0.6) is 0 Å². The standard InChI is InChI=1S/C4H8FN/c5-3-6-4-1-2-4/h4,6H,1-3H2. The van der Waals surface area contributed by atoms with Crippen molar-refractivity contribution in [3.05, 3.63) is 0 Å². The second-order valence-corrected chi connectivity index (χ2v) is 1.61. The molecule has 0 spiro atoms. The molecular weight excluding hydrogens is 81.0 g/mol. The maximum atomic E-state index is 11.2. The molecule has 1 aliphatic rings. The quantitative estimate of drug-likeness (QED) is 0.490. The van der Waals surface area contributed by atoms with Gasteiger partial charge in [-0.05, 0) is 12.8 Å². The molecule has 0 radical (unpaired) electrons. The van der Waals surface area contributed by atoms with Gasteiger partial charge < -0.3 is 0 Å². The lowest BCUT2D eigenvalue weighted by Gasteiger charge is -1.86. The number of rotatable bonds is 2. The molecular formula is C4H8FN. The Balaban J connectivity index is 1.88. The highest BCUT2D eigenvalue weighted by molar-refractivity contribution is 4.78. The van der Waals surface area contributed by atoms with Gasteiger partial charge in [-0.2, -0.15) is 0 Å². The first kappa shape index (κ1) is 4.06. The third-order valence-electron chi connectivity index (χ3n) is 0.943. The molecule has 0 atom stereocenters. The SMILES string of the molecule is FCNC1CC1. The van der Waals surface area contributed by atoms with Crippen molar-refractivity contribution in [1.29, 1.82) is 0 Å². The summed E-state index contributed by atoms with van der Waals surface area (Å²) < 4.78 is 11.2. The third-order valence-corrected chi connectivity index (χ3v) is 0.943. The van der Waals surface area contributed by atoms with Gasteiger partial charge in [-0.3, -0.25) is 5.32 Å². The summed E-state index contributed by atoms with van der Waals surface area (Å²) in [5.74, 6) is 0. The predicted molar refractivity (Wildman–Crippen MR) is 22.1 cm³/mol. The monoisotopic (exact) mass is 89.1 g/mol. The maximum Gasteiger partial charge on any atom is 0.140 e. The Morgan fingerprint density at radius 1 is 1.67 bits per heavy atom. The fraction of sp³-hybridized carbons (Fsp3) is 1.00. The van der Waals surface area contributed by atoms with Crippen LogP contribution in [-0.2, 0) is 0 Å². The average Bonchev–Trinajstić information content (AvgIpc) is 2.21. The Hall–Kier alpha value is -0.110. The lowest BCUT2D eigenvalue weighted by molar-refractivity contribution is 0.423. The molecule has 6 heavy (non-hydrogen) atoms. The van der Waals surface area contributed by atoms with Gasteiger partial charge in [0.2, 0.25) is 0 Å². The van der Waals surface area contributed by atoms with E-state index in [4.69, 9.17) is 0 Å². The molecule has 1 aliphatic carbocycles. The van der Waals surface area contributed by atoms with Gasteiger partial charge >= 0.3 is 0 Å². The summed E-state index contributed by atoms with van der Waals surface area (Å²) in [7, 11) is 0. The second-order valence-electron chi connectivity index (χ2n) is 1.61. The van der Waals surface area contributed by atoms with Crippen molar-refractivity contribution in [1.82, 2.24) is 5.32 Å². The van der Waals surface area contributed by atoms with E-state index in [1.54, 1.807) is 0 Å². The molecule has 1 rings (SSSR count). The summed E-state index contributed by atoms with van der Waals surface area (Å²) in [5, 5.41) is 2.65. The van der Waals surface area contributed by atoms with Crippen molar-refractivity contribution in [3.8, 4) is 0 Å². The van der Waals surface area contributed by atoms with E-state index in [0.29, 0.717) is 6.04 Å². The maximum absolute atomic E-state index is 11.2. The van der Waals surface area contributed by atoms with Crippen LogP contribution in [0.25, 0.3) is 0 Å². The van der Waals surface area contributed by atoms with Crippen molar-refractivity contribution >= 4 is 0 Å². The van der Waals surface area contributed by atoms with E-state index < -0.39 is 0 Å². The van der Waals surface area contributed by atoms with E-state index in [-0.39, 0.29) is 6.80 Å². The number of halogens is 1. The molecule has 1 saturated carbocycles. The van der Waals surface area contributed by atoms with Crippen molar-refractivity contribution in [2.75, 3.05) is 6.80 Å². The van der Waals surface area contributed by atoms with E-state index in [1.165, 1.54) is 12.8 Å². The van der Waals surface area contributed by atoms with Gasteiger partial charge in [-0.25, -0.2) is 4.39 Å². The zero-order valence-electron chi connectivity index (χ0n) is 3.58. The van der Waals surface area contributed by atoms with E-state index in [1.807, 2.05) is 0 Å². The fourth-order valence-electron chi connectivity index (χ4n) is 0.397. The molecule has 0 saturated heterocycles. The minimum Gasteiger partial charge on any atom is -0.288 e. The number of hydrogen-bond acceptors (Lipinski definition) is 1. The highest BCUT2D eigenvalue weighted by atomic mass is 19.1. The van der Waals surface area contributed by atoms with Crippen LogP contribution in [0.4, 0.5) is 4.39 Å². The van der Waals surface area contributed by atoms with Crippen molar-refractivity contribution < 1.29 is 4.39 Å². The summed E-state index contributed by atoms with van der Waals surface area (Å²) in [6, 6.07) is 0.523. The zero-order chi connectivity index (χ0) is 4.41. The van der Waals surface area contributed by atoms with Gasteiger partial charge in [0, 0.05) is 6.04 Å². The average molecular weight is 89.1 g/mol. The Bertz CT molecular complexity index is 42.8. The van der Waals surface area contributed by atoms with E-state index in [2.05, 4.69) is 5.32 Å². The molecule has 0 amide bonds. The lowest BCUT2D eigenvalue weighted by atomic mass is 10.7. The topological polar surface area (TPSA) is 12.0 Å². The van der Waals surface area contributed by atoms with Crippen molar-refractivity contribution in [2.45, 2.75) is 18.9 Å². The van der Waals surface area contributed by atoms with E-state index in [9.17, 15) is 4.39 Å². The number of hydrogen-bond donors (Lipinski definition) is 1. The number of alkyl halides is 1. The molecule has 0 bridgehead atoms. The Morgan fingerprint density at radius 3 is 2.50 bits per heavy atom. The van der Waals surface area contributed by atoms with Crippen LogP contribution < -0.4 is 5.32 Å². The normalized spacial score (nSPS) is 21.5. The predicted octanol–water partition coefficient (Wildman–Crippen LogP) is 0.665. The first-order valence-electron chi connectivity index (χ1n) is 2.23. The fourth-order valence-corrected chi connectivity index (χ4v) is 0.397. The van der Waals surface area contributed by atoms with Gasteiger partial charge in [0.15, 0.2) is 0 Å². The van der Waals surface area contributed by atoms with Crippen LogP contribution in [0.3, 0.4) is 0 Å². The Morgan fingerprint density at radius 2 is 2.33 bits per heavy atom. The first-order valence-corrected chi connectivity index (χ1v) is 2.23. The molecule has 0 aliphatic heterocycles. The molecule has 1 fully saturated rings. The minimum absolute atomic E-state index is 0.356. The van der Waals surface area contributed by atoms with Gasteiger partial charge in [-0.1, -0.05) is 0 Å². The summed E-state index contributed by atoms with van der Waals surface area (Å²) in [6.07, 6.45) is 2.34. The molecule has 0 aromatic rings. The Labute approximate surface area is 36.5 Å². The van der Waals surface area contributed by atoms with Gasteiger partial charge in [0.05, 0.1) is 0 Å². The van der Waals surface area contributed by atoms with Crippen molar-refractivity contribution in [3.63, 3.8) is 0 Å². The van der Waals surface area contributed by atoms with E-state index >= 15 is 0 Å². The van der Waals surface area contributed by atoms with Crippen LogP contribution in [0.15, 0.2) is 0 Å². The van der Waals surface area contributed by atoms with Gasteiger partial charge in [0.1, 0.15) is 6.80 Å². The zero-order valence-corrected chi connectivity index (χ0v) is 3.58. The van der Waals surface area contributed by atoms with Gasteiger partial charge in [-0.15, -0.1) is 0 Å². The molecule has 1 nitrogen and oxygen atoms in total. The molecule has 36 valence electrons. The summed E-state index contributed by atoms with van der Waals surface area (Å²) in [5.41, 5.74) is 0. The molecule has 0 heterocycles.